The van der Waals surface area contributed by atoms with Crippen molar-refractivity contribution in [2.45, 2.75) is 13.5 Å². The van der Waals surface area contributed by atoms with E-state index < -0.39 is 5.97 Å². The highest BCUT2D eigenvalue weighted by atomic mass is 35.5. The lowest BCUT2D eigenvalue weighted by Gasteiger charge is -2.10. The van der Waals surface area contributed by atoms with Crippen molar-refractivity contribution >= 4 is 50.7 Å². The molecule has 0 aliphatic heterocycles. The van der Waals surface area contributed by atoms with E-state index in [2.05, 4.69) is 4.98 Å². The number of nitrogens with zero attached hydrogens (tertiary/aromatic N) is 2. The lowest BCUT2D eigenvalue weighted by atomic mass is 10.2. The Balaban J connectivity index is 2.17. The summed E-state index contributed by atoms with van der Waals surface area (Å²) in [6, 6.07) is 5.08. The molecule has 0 unspecified atom stereocenters. The Bertz CT molecular complexity index is 994. The van der Waals surface area contributed by atoms with Crippen molar-refractivity contribution in [1.29, 1.82) is 0 Å². The number of rotatable bonds is 3. The molecule has 5 nitrogen and oxygen atoms in total. The first-order valence-electron chi connectivity index (χ1n) is 6.54. The van der Waals surface area contributed by atoms with Crippen molar-refractivity contribution in [3.05, 3.63) is 60.9 Å². The van der Waals surface area contributed by atoms with Gasteiger partial charge in [0, 0.05) is 5.38 Å². The molecule has 2 aromatic heterocycles. The second kappa shape index (κ2) is 5.96. The van der Waals surface area contributed by atoms with E-state index in [4.69, 9.17) is 23.2 Å². The van der Waals surface area contributed by atoms with Gasteiger partial charge in [0.1, 0.15) is 10.7 Å². The Kier molecular flexibility index (Phi) is 4.14. The highest BCUT2D eigenvalue weighted by Crippen LogP contribution is 2.24. The summed E-state index contributed by atoms with van der Waals surface area (Å²) in [7, 11) is 0. The maximum Gasteiger partial charge on any atom is 0.337 e. The average Bonchev–Trinajstić information content (AvgIpc) is 2.91. The summed E-state index contributed by atoms with van der Waals surface area (Å²) in [4.78, 5) is 28.7. The van der Waals surface area contributed by atoms with Crippen molar-refractivity contribution in [1.82, 2.24) is 9.55 Å². The fourth-order valence-corrected chi connectivity index (χ4v) is 3.56. The van der Waals surface area contributed by atoms with E-state index in [0.717, 1.165) is 16.9 Å². The number of carbonyl (C=O) groups is 1. The summed E-state index contributed by atoms with van der Waals surface area (Å²) >= 11 is 13.0. The van der Waals surface area contributed by atoms with Crippen molar-refractivity contribution in [3.63, 3.8) is 0 Å². The Hall–Kier alpha value is -1.89. The summed E-state index contributed by atoms with van der Waals surface area (Å²) in [5.41, 5.74) is 0.375. The summed E-state index contributed by atoms with van der Waals surface area (Å²) in [6.45, 7) is 1.94. The van der Waals surface area contributed by atoms with Crippen LogP contribution in [0, 0.1) is 6.92 Å². The number of thiophene rings is 1. The van der Waals surface area contributed by atoms with Crippen LogP contribution in [0.1, 0.15) is 21.7 Å². The number of halogens is 2. The molecular formula is C15H10Cl2N2O3S. The van der Waals surface area contributed by atoms with Crippen LogP contribution in [0.4, 0.5) is 0 Å². The molecular weight excluding hydrogens is 359 g/mol. The van der Waals surface area contributed by atoms with Crippen LogP contribution in [0.25, 0.3) is 10.2 Å². The molecule has 1 aromatic carbocycles. The van der Waals surface area contributed by atoms with Gasteiger partial charge < -0.3 is 5.11 Å². The van der Waals surface area contributed by atoms with Gasteiger partial charge in [0.2, 0.25) is 0 Å². The van der Waals surface area contributed by atoms with E-state index in [1.807, 2.05) is 0 Å². The minimum atomic E-state index is -1.14. The molecule has 2 heterocycles. The fraction of sp³-hybridized carbons (Fsp3) is 0.133. The second-order valence-corrected chi connectivity index (χ2v) is 6.61. The third kappa shape index (κ3) is 2.85. The van der Waals surface area contributed by atoms with Crippen LogP contribution in [0.2, 0.25) is 10.0 Å². The second-order valence-electron chi connectivity index (χ2n) is 4.93. The third-order valence-electron chi connectivity index (χ3n) is 3.44. The fourth-order valence-electron chi connectivity index (χ4n) is 2.29. The normalized spacial score (nSPS) is 11.1. The lowest BCUT2D eigenvalue weighted by Crippen LogP contribution is -2.25. The maximum absolute atomic E-state index is 12.7. The van der Waals surface area contributed by atoms with E-state index in [9.17, 15) is 14.7 Å². The molecule has 0 aliphatic carbocycles. The molecule has 0 saturated heterocycles. The number of aromatic carboxylic acids is 1. The summed E-state index contributed by atoms with van der Waals surface area (Å²) in [5, 5.41) is 11.6. The number of carboxylic acid groups (broad SMARTS) is 1. The molecule has 0 aliphatic rings. The first-order valence-corrected chi connectivity index (χ1v) is 8.18. The number of hydrogen-bond acceptors (Lipinski definition) is 4. The molecule has 0 spiro atoms. The Morgan fingerprint density at radius 2 is 2.09 bits per heavy atom. The van der Waals surface area contributed by atoms with Crippen LogP contribution in [-0.4, -0.2) is 20.6 Å². The molecule has 0 bridgehead atoms. The van der Waals surface area contributed by atoms with Gasteiger partial charge in [-0.25, -0.2) is 9.78 Å². The zero-order valence-corrected chi connectivity index (χ0v) is 14.2. The summed E-state index contributed by atoms with van der Waals surface area (Å²) in [6.07, 6.45) is 0. The molecule has 0 fully saturated rings. The molecule has 8 heteroatoms. The van der Waals surface area contributed by atoms with Crippen molar-refractivity contribution < 1.29 is 9.90 Å². The van der Waals surface area contributed by atoms with Crippen LogP contribution in [0.5, 0.6) is 0 Å². The molecule has 1 N–H and O–H groups in total. The molecule has 0 amide bonds. The van der Waals surface area contributed by atoms with Gasteiger partial charge in [0.15, 0.2) is 0 Å². The third-order valence-corrected chi connectivity index (χ3v) is 5.05. The average molecular weight is 369 g/mol. The van der Waals surface area contributed by atoms with Gasteiger partial charge in [-0.1, -0.05) is 29.3 Å². The SMILES string of the molecule is Cc1nc2scc(C(=O)O)c2c(=O)n1Cc1ccc(Cl)c(Cl)c1. The minimum absolute atomic E-state index is 0.0228. The van der Waals surface area contributed by atoms with E-state index in [-0.39, 0.29) is 23.1 Å². The molecule has 0 radical (unpaired) electrons. The number of aromatic nitrogens is 2. The first kappa shape index (κ1) is 16.0. The van der Waals surface area contributed by atoms with Gasteiger partial charge in [-0.3, -0.25) is 9.36 Å². The van der Waals surface area contributed by atoms with Crippen molar-refractivity contribution in [2.75, 3.05) is 0 Å². The number of benzene rings is 1. The molecule has 0 saturated carbocycles. The van der Waals surface area contributed by atoms with Gasteiger partial charge in [-0.2, -0.15) is 0 Å². The van der Waals surface area contributed by atoms with Gasteiger partial charge in [0.25, 0.3) is 5.56 Å². The molecule has 3 aromatic rings. The Labute approximate surface area is 144 Å². The largest absolute Gasteiger partial charge is 0.478 e. The van der Waals surface area contributed by atoms with Gasteiger partial charge in [-0.05, 0) is 24.6 Å². The monoisotopic (exact) mass is 368 g/mol. The van der Waals surface area contributed by atoms with Crippen LogP contribution in [0.15, 0.2) is 28.4 Å². The van der Waals surface area contributed by atoms with E-state index in [1.165, 1.54) is 9.95 Å². The zero-order valence-electron chi connectivity index (χ0n) is 11.8. The molecule has 3 rings (SSSR count). The molecule has 118 valence electrons. The van der Waals surface area contributed by atoms with Crippen LogP contribution in [-0.2, 0) is 6.54 Å². The lowest BCUT2D eigenvalue weighted by molar-refractivity contribution is 0.0699. The van der Waals surface area contributed by atoms with E-state index in [1.54, 1.807) is 25.1 Å². The number of fused-ring (bicyclic) bond motifs is 1. The van der Waals surface area contributed by atoms with Gasteiger partial charge in [-0.15, -0.1) is 11.3 Å². The van der Waals surface area contributed by atoms with Crippen LogP contribution >= 0.6 is 34.5 Å². The number of carboxylic acids is 1. The standard InChI is InChI=1S/C15H10Cl2N2O3S/c1-7-18-13-12(9(6-23-13)15(21)22)14(20)19(7)5-8-2-3-10(16)11(17)4-8/h2-4,6H,5H2,1H3,(H,21,22). The number of aryl methyl sites for hydroxylation is 1. The quantitative estimate of drug-likeness (QED) is 0.762. The zero-order chi connectivity index (χ0) is 16.7. The molecule has 23 heavy (non-hydrogen) atoms. The Morgan fingerprint density at radius 3 is 2.74 bits per heavy atom. The van der Waals surface area contributed by atoms with Gasteiger partial charge in [0.05, 0.1) is 27.5 Å². The Morgan fingerprint density at radius 1 is 1.35 bits per heavy atom. The topological polar surface area (TPSA) is 72.2 Å². The van der Waals surface area contributed by atoms with E-state index in [0.29, 0.717) is 20.7 Å². The first-order chi connectivity index (χ1) is 10.9. The van der Waals surface area contributed by atoms with Crippen LogP contribution < -0.4 is 5.56 Å². The summed E-state index contributed by atoms with van der Waals surface area (Å²) in [5.74, 6) is -0.632. The predicted molar refractivity (Wildman–Crippen MR) is 91.1 cm³/mol. The smallest absolute Gasteiger partial charge is 0.337 e. The summed E-state index contributed by atoms with van der Waals surface area (Å²) < 4.78 is 1.43. The van der Waals surface area contributed by atoms with Crippen molar-refractivity contribution in [2.24, 2.45) is 0 Å². The molecule has 0 atom stereocenters. The number of hydrogen-bond donors (Lipinski definition) is 1. The maximum atomic E-state index is 12.7. The van der Waals surface area contributed by atoms with Gasteiger partial charge >= 0.3 is 5.97 Å². The van der Waals surface area contributed by atoms with E-state index >= 15 is 0 Å². The van der Waals surface area contributed by atoms with Crippen LogP contribution in [0.3, 0.4) is 0 Å². The van der Waals surface area contributed by atoms with Crippen molar-refractivity contribution in [3.8, 4) is 0 Å². The minimum Gasteiger partial charge on any atom is -0.478 e. The highest BCUT2D eigenvalue weighted by molar-refractivity contribution is 7.17. The highest BCUT2D eigenvalue weighted by Gasteiger charge is 2.18. The predicted octanol–water partition coefficient (Wildman–Crippen LogP) is 3.82.